The molecule has 0 saturated carbocycles. The van der Waals surface area contributed by atoms with Gasteiger partial charge in [0.25, 0.3) is 0 Å². The lowest BCUT2D eigenvalue weighted by atomic mass is 9.97. The summed E-state index contributed by atoms with van der Waals surface area (Å²) in [5.41, 5.74) is 5.04. The molecule has 0 radical (unpaired) electrons. The minimum absolute atomic E-state index is 0.0921. The van der Waals surface area contributed by atoms with E-state index < -0.39 is 21.7 Å². The number of hydrogen-bond donors (Lipinski definition) is 2. The highest BCUT2D eigenvalue weighted by molar-refractivity contribution is 7.89. The second kappa shape index (κ2) is 13.8. The Morgan fingerprint density at radius 1 is 0.932 bits per heavy atom. The van der Waals surface area contributed by atoms with Crippen LogP contribution in [0.5, 0.6) is 5.75 Å². The highest BCUT2D eigenvalue weighted by Gasteiger charge is 2.26. The molecule has 224 valence electrons. The Labute approximate surface area is 261 Å². The molecule has 5 aromatic rings. The number of nitrogens with one attached hydrogen (secondary N) is 1. The molecular formula is C34H30ClN3O5S. The molecular weight excluding hydrogens is 598 g/mol. The molecule has 4 aromatic carbocycles. The predicted molar refractivity (Wildman–Crippen MR) is 171 cm³/mol. The Hall–Kier alpha value is -4.62. The van der Waals surface area contributed by atoms with Crippen LogP contribution in [0, 0.1) is 11.3 Å². The van der Waals surface area contributed by atoms with Crippen molar-refractivity contribution in [2.75, 3.05) is 18.9 Å². The summed E-state index contributed by atoms with van der Waals surface area (Å²) in [5.74, 6) is -1.09. The zero-order valence-corrected chi connectivity index (χ0v) is 25.3. The fraction of sp³-hybridized carbons (Fsp3) is 0.176. The number of carbonyl (C=O) groups is 1. The van der Waals surface area contributed by atoms with E-state index in [0.717, 1.165) is 33.3 Å². The number of fused-ring (bicyclic) bond motifs is 1. The number of nitriles is 1. The summed E-state index contributed by atoms with van der Waals surface area (Å²) in [4.78, 5) is 11.2. The van der Waals surface area contributed by atoms with Crippen molar-refractivity contribution in [2.24, 2.45) is 0 Å². The predicted octanol–water partition coefficient (Wildman–Crippen LogP) is 6.24. The first-order valence-corrected chi connectivity index (χ1v) is 16.0. The van der Waals surface area contributed by atoms with Crippen LogP contribution in [0.1, 0.15) is 38.8 Å². The third-order valence-corrected chi connectivity index (χ3v) is 8.72. The van der Waals surface area contributed by atoms with Gasteiger partial charge in [-0.2, -0.15) is 5.26 Å². The summed E-state index contributed by atoms with van der Waals surface area (Å²) in [5, 5.41) is 19.7. The summed E-state index contributed by atoms with van der Waals surface area (Å²) in [7, 11) is -3.76. The highest BCUT2D eigenvalue weighted by atomic mass is 35.5. The van der Waals surface area contributed by atoms with Crippen molar-refractivity contribution in [1.82, 2.24) is 9.29 Å². The number of sulfonamides is 1. The number of benzene rings is 4. The minimum atomic E-state index is -3.76. The average Bonchev–Trinajstić information content (AvgIpc) is 3.30. The molecule has 0 aliphatic heterocycles. The average molecular weight is 628 g/mol. The second-order valence-corrected chi connectivity index (χ2v) is 12.4. The molecule has 0 bridgehead atoms. The Morgan fingerprint density at radius 2 is 1.57 bits per heavy atom. The topological polar surface area (TPSA) is 121 Å². The molecule has 0 aliphatic rings. The van der Waals surface area contributed by atoms with Gasteiger partial charge in [-0.15, -0.1) is 0 Å². The molecule has 0 amide bonds. The number of carboxylic acid groups (broad SMARTS) is 1. The molecule has 1 heterocycles. The molecule has 0 fully saturated rings. The van der Waals surface area contributed by atoms with E-state index in [2.05, 4.69) is 33.6 Å². The van der Waals surface area contributed by atoms with Gasteiger partial charge in [-0.3, -0.25) is 0 Å². The summed E-state index contributed by atoms with van der Waals surface area (Å²) in [6, 6.07) is 33.6. The highest BCUT2D eigenvalue weighted by Crippen LogP contribution is 2.37. The van der Waals surface area contributed by atoms with Gasteiger partial charge in [-0.1, -0.05) is 78.3 Å². The van der Waals surface area contributed by atoms with Crippen LogP contribution in [0.15, 0.2) is 103 Å². The van der Waals surface area contributed by atoms with Gasteiger partial charge < -0.3 is 14.4 Å². The van der Waals surface area contributed by atoms with Gasteiger partial charge in [0.15, 0.2) is 5.75 Å². The maximum Gasteiger partial charge on any atom is 0.335 e. The standard InChI is InChI=1S/C34H30ClN3O5S/c35-27-13-16-29-30(18-21-43-28-14-11-26(12-15-28)34(39)40)31(17-20-37-44(41,42)22-19-36)38(32(29)23-27)33(24-7-3-1-4-8-24)25-9-5-2-6-10-25/h1-16,23,33,37H,17-18,20-22H2,(H,39,40). The lowest BCUT2D eigenvalue weighted by Gasteiger charge is -2.25. The number of carboxylic acids is 1. The maximum atomic E-state index is 12.4. The molecule has 8 nitrogen and oxygen atoms in total. The molecule has 0 atom stereocenters. The number of hydrogen-bond acceptors (Lipinski definition) is 5. The van der Waals surface area contributed by atoms with Crippen molar-refractivity contribution in [3.05, 3.63) is 136 Å². The fourth-order valence-electron chi connectivity index (χ4n) is 5.44. The summed E-state index contributed by atoms with van der Waals surface area (Å²) in [6.45, 7) is 0.386. The molecule has 5 rings (SSSR count). The maximum absolute atomic E-state index is 12.4. The second-order valence-electron chi connectivity index (χ2n) is 10.2. The first kappa shape index (κ1) is 30.8. The van der Waals surface area contributed by atoms with E-state index in [4.69, 9.17) is 21.6 Å². The lowest BCUT2D eigenvalue weighted by Crippen LogP contribution is -2.29. The monoisotopic (exact) mass is 627 g/mol. The number of halogens is 1. The molecule has 1 aromatic heterocycles. The third-order valence-electron chi connectivity index (χ3n) is 7.33. The Balaban J connectivity index is 1.61. The first-order chi connectivity index (χ1) is 21.3. The van der Waals surface area contributed by atoms with Crippen LogP contribution < -0.4 is 9.46 Å². The smallest absolute Gasteiger partial charge is 0.335 e. The SMILES string of the molecule is N#CCS(=O)(=O)NCCc1c(CCOc2ccc(C(=O)O)cc2)c2ccc(Cl)cc2n1C(c1ccccc1)c1ccccc1. The van der Waals surface area contributed by atoms with Crippen molar-refractivity contribution in [2.45, 2.75) is 18.9 Å². The first-order valence-electron chi connectivity index (χ1n) is 14.0. The van der Waals surface area contributed by atoms with Crippen LogP contribution in [0.4, 0.5) is 0 Å². The number of ether oxygens (including phenoxy) is 1. The van der Waals surface area contributed by atoms with E-state index >= 15 is 0 Å². The number of rotatable bonds is 13. The molecule has 10 heteroatoms. The van der Waals surface area contributed by atoms with E-state index in [1.54, 1.807) is 18.2 Å². The molecule has 0 spiro atoms. The van der Waals surface area contributed by atoms with E-state index in [1.165, 1.54) is 12.1 Å². The van der Waals surface area contributed by atoms with Crippen molar-refractivity contribution >= 4 is 38.5 Å². The molecule has 0 unspecified atom stereocenters. The van der Waals surface area contributed by atoms with Crippen LogP contribution in [0.25, 0.3) is 10.9 Å². The van der Waals surface area contributed by atoms with Crippen LogP contribution in [0.3, 0.4) is 0 Å². The van der Waals surface area contributed by atoms with Gasteiger partial charge in [0, 0.05) is 35.5 Å². The zero-order chi connectivity index (χ0) is 31.1. The normalized spacial score (nSPS) is 11.5. The van der Waals surface area contributed by atoms with Crippen molar-refractivity contribution in [3.8, 4) is 11.8 Å². The van der Waals surface area contributed by atoms with Gasteiger partial charge in [-0.25, -0.2) is 17.9 Å². The lowest BCUT2D eigenvalue weighted by molar-refractivity contribution is 0.0697. The van der Waals surface area contributed by atoms with E-state index in [0.29, 0.717) is 30.2 Å². The number of aromatic carboxylic acids is 1. The summed E-state index contributed by atoms with van der Waals surface area (Å²) in [6.07, 6.45) is 0.832. The Kier molecular flexibility index (Phi) is 9.65. The number of nitrogens with zero attached hydrogens (tertiary/aromatic N) is 2. The van der Waals surface area contributed by atoms with Gasteiger partial charge in [0.05, 0.1) is 29.8 Å². The largest absolute Gasteiger partial charge is 0.493 e. The Bertz CT molecular complexity index is 1860. The third kappa shape index (κ3) is 7.12. The van der Waals surface area contributed by atoms with Crippen LogP contribution in [-0.4, -0.2) is 43.0 Å². The summed E-state index contributed by atoms with van der Waals surface area (Å²) >= 11 is 6.57. The molecule has 0 saturated heterocycles. The van der Waals surface area contributed by atoms with Gasteiger partial charge >= 0.3 is 5.97 Å². The fourth-order valence-corrected chi connectivity index (χ4v) is 6.29. The van der Waals surface area contributed by atoms with Crippen molar-refractivity contribution < 1.29 is 23.1 Å². The van der Waals surface area contributed by atoms with Gasteiger partial charge in [0.2, 0.25) is 10.0 Å². The Morgan fingerprint density at radius 3 is 2.16 bits per heavy atom. The van der Waals surface area contributed by atoms with Crippen LogP contribution in [0.2, 0.25) is 5.02 Å². The number of aromatic nitrogens is 1. The van der Waals surface area contributed by atoms with E-state index in [1.807, 2.05) is 54.6 Å². The van der Waals surface area contributed by atoms with Crippen LogP contribution in [-0.2, 0) is 22.9 Å². The van der Waals surface area contributed by atoms with Crippen molar-refractivity contribution in [3.63, 3.8) is 0 Å². The molecule has 2 N–H and O–H groups in total. The summed E-state index contributed by atoms with van der Waals surface area (Å²) < 4.78 is 35.5. The zero-order valence-electron chi connectivity index (χ0n) is 23.7. The van der Waals surface area contributed by atoms with Gasteiger partial charge in [0.1, 0.15) is 5.75 Å². The van der Waals surface area contributed by atoms with E-state index in [-0.39, 0.29) is 18.2 Å². The van der Waals surface area contributed by atoms with Gasteiger partial charge in [-0.05, 0) is 53.1 Å². The molecule has 44 heavy (non-hydrogen) atoms. The minimum Gasteiger partial charge on any atom is -0.493 e. The van der Waals surface area contributed by atoms with Crippen molar-refractivity contribution in [1.29, 1.82) is 5.26 Å². The van der Waals surface area contributed by atoms with E-state index in [9.17, 15) is 18.3 Å². The quantitative estimate of drug-likeness (QED) is 0.159. The van der Waals surface area contributed by atoms with Crippen LogP contribution >= 0.6 is 11.6 Å². The molecule has 0 aliphatic carbocycles.